The number of carbonyl (C=O) groups is 2. The molecule has 1 aliphatic rings. The highest BCUT2D eigenvalue weighted by Crippen LogP contribution is 2.16. The molecule has 0 aromatic heterocycles. The number of likely N-dealkylation sites (tertiary alicyclic amines) is 1. The van der Waals surface area contributed by atoms with Gasteiger partial charge in [0.2, 0.25) is 0 Å². The van der Waals surface area contributed by atoms with Gasteiger partial charge in [-0.05, 0) is 24.7 Å². The fourth-order valence-electron chi connectivity index (χ4n) is 2.27. The Labute approximate surface area is 109 Å². The molecule has 104 valence electrons. The average Bonchev–Trinajstić information content (AvgIpc) is 2.27. The molecule has 2 unspecified atom stereocenters. The monoisotopic (exact) mass is 256 g/mol. The summed E-state index contributed by atoms with van der Waals surface area (Å²) in [6, 6.07) is -0.422. The van der Waals surface area contributed by atoms with E-state index in [1.807, 2.05) is 13.8 Å². The van der Waals surface area contributed by atoms with Crippen LogP contribution in [-0.4, -0.2) is 41.1 Å². The first-order valence-corrected chi connectivity index (χ1v) is 6.67. The van der Waals surface area contributed by atoms with Gasteiger partial charge >= 0.3 is 12.0 Å². The molecular formula is C13H24N2O3. The summed E-state index contributed by atoms with van der Waals surface area (Å²) in [7, 11) is 0. The predicted molar refractivity (Wildman–Crippen MR) is 69.4 cm³/mol. The van der Waals surface area contributed by atoms with Gasteiger partial charge in [0, 0.05) is 19.1 Å². The van der Waals surface area contributed by atoms with E-state index < -0.39 is 5.97 Å². The molecule has 2 atom stereocenters. The molecule has 1 saturated heterocycles. The van der Waals surface area contributed by atoms with E-state index >= 15 is 0 Å². The van der Waals surface area contributed by atoms with Gasteiger partial charge in [0.05, 0.1) is 6.42 Å². The molecule has 5 nitrogen and oxygen atoms in total. The summed E-state index contributed by atoms with van der Waals surface area (Å²) in [4.78, 5) is 24.6. The summed E-state index contributed by atoms with van der Waals surface area (Å²) in [6.07, 6.45) is 2.17. The number of carboxylic acids is 1. The van der Waals surface area contributed by atoms with Crippen LogP contribution in [0.5, 0.6) is 0 Å². The molecule has 1 heterocycles. The van der Waals surface area contributed by atoms with E-state index in [9.17, 15) is 9.59 Å². The lowest BCUT2D eigenvalue weighted by Gasteiger charge is -2.33. The smallest absolute Gasteiger partial charge is 0.317 e. The second kappa shape index (κ2) is 6.61. The quantitative estimate of drug-likeness (QED) is 0.807. The number of carboxylic acid groups (broad SMARTS) is 1. The Hall–Kier alpha value is -1.26. The molecule has 0 aliphatic carbocycles. The molecule has 18 heavy (non-hydrogen) atoms. The Kier molecular flexibility index (Phi) is 5.44. The van der Waals surface area contributed by atoms with E-state index in [2.05, 4.69) is 12.2 Å². The fourth-order valence-corrected chi connectivity index (χ4v) is 2.27. The zero-order valence-corrected chi connectivity index (χ0v) is 11.5. The molecule has 1 rings (SSSR count). The Balaban J connectivity index is 2.52. The van der Waals surface area contributed by atoms with Crippen LogP contribution >= 0.6 is 0 Å². The average molecular weight is 256 g/mol. The number of piperidine rings is 1. The lowest BCUT2D eigenvalue weighted by Crippen LogP contribution is -2.50. The molecular weight excluding hydrogens is 232 g/mol. The SMILES string of the molecule is CC1CCCN(C(=O)NC(CC(=O)O)C(C)C)C1. The largest absolute Gasteiger partial charge is 0.481 e. The summed E-state index contributed by atoms with van der Waals surface area (Å²) in [5.74, 6) is -0.227. The third-order valence-corrected chi connectivity index (χ3v) is 3.45. The van der Waals surface area contributed by atoms with Crippen molar-refractivity contribution in [3.05, 3.63) is 0 Å². The highest BCUT2D eigenvalue weighted by Gasteiger charge is 2.25. The van der Waals surface area contributed by atoms with Gasteiger partial charge in [0.25, 0.3) is 0 Å². The van der Waals surface area contributed by atoms with Gasteiger partial charge in [0.1, 0.15) is 0 Å². The Morgan fingerprint density at radius 1 is 1.44 bits per heavy atom. The van der Waals surface area contributed by atoms with E-state index in [1.165, 1.54) is 0 Å². The number of aliphatic carboxylic acids is 1. The molecule has 0 aromatic rings. The molecule has 1 aliphatic heterocycles. The molecule has 0 saturated carbocycles. The zero-order chi connectivity index (χ0) is 13.7. The summed E-state index contributed by atoms with van der Waals surface area (Å²) in [5, 5.41) is 11.7. The van der Waals surface area contributed by atoms with Crippen LogP contribution in [0.15, 0.2) is 0 Å². The maximum atomic E-state index is 12.1. The van der Waals surface area contributed by atoms with Crippen molar-refractivity contribution < 1.29 is 14.7 Å². The zero-order valence-electron chi connectivity index (χ0n) is 11.5. The van der Waals surface area contributed by atoms with Gasteiger partial charge in [-0.1, -0.05) is 20.8 Å². The van der Waals surface area contributed by atoms with Crippen LogP contribution in [0.2, 0.25) is 0 Å². The minimum absolute atomic E-state index is 0.0210. The lowest BCUT2D eigenvalue weighted by molar-refractivity contribution is -0.137. The van der Waals surface area contributed by atoms with Crippen molar-refractivity contribution in [1.29, 1.82) is 0 Å². The Morgan fingerprint density at radius 2 is 2.11 bits per heavy atom. The second-order valence-electron chi connectivity index (χ2n) is 5.59. The van der Waals surface area contributed by atoms with Crippen molar-refractivity contribution in [2.45, 2.75) is 46.1 Å². The number of nitrogens with one attached hydrogen (secondary N) is 1. The van der Waals surface area contributed by atoms with Crippen molar-refractivity contribution in [1.82, 2.24) is 10.2 Å². The standard InChI is InChI=1S/C13H24N2O3/c1-9(2)11(7-12(16)17)14-13(18)15-6-4-5-10(3)8-15/h9-11H,4-8H2,1-3H3,(H,14,18)(H,16,17). The third-order valence-electron chi connectivity index (χ3n) is 3.45. The van der Waals surface area contributed by atoms with E-state index in [0.29, 0.717) is 5.92 Å². The normalized spacial score (nSPS) is 21.8. The van der Waals surface area contributed by atoms with Crippen LogP contribution in [0.25, 0.3) is 0 Å². The highest BCUT2D eigenvalue weighted by molar-refractivity contribution is 5.76. The van der Waals surface area contributed by atoms with Gasteiger partial charge in [0.15, 0.2) is 0 Å². The van der Waals surface area contributed by atoms with Gasteiger partial charge in [-0.3, -0.25) is 4.79 Å². The van der Waals surface area contributed by atoms with Crippen molar-refractivity contribution in [3.8, 4) is 0 Å². The van der Waals surface area contributed by atoms with Crippen LogP contribution in [0.3, 0.4) is 0 Å². The molecule has 0 radical (unpaired) electrons. The van der Waals surface area contributed by atoms with E-state index in [1.54, 1.807) is 4.90 Å². The first kappa shape index (κ1) is 14.8. The number of rotatable bonds is 4. The number of urea groups is 1. The number of hydrogen-bond acceptors (Lipinski definition) is 2. The minimum atomic E-state index is -0.874. The maximum Gasteiger partial charge on any atom is 0.317 e. The summed E-state index contributed by atoms with van der Waals surface area (Å²) >= 11 is 0. The molecule has 1 fully saturated rings. The van der Waals surface area contributed by atoms with Crippen LogP contribution < -0.4 is 5.32 Å². The maximum absolute atomic E-state index is 12.1. The van der Waals surface area contributed by atoms with Crippen molar-refractivity contribution in [2.75, 3.05) is 13.1 Å². The van der Waals surface area contributed by atoms with Crippen LogP contribution in [-0.2, 0) is 4.79 Å². The van der Waals surface area contributed by atoms with Gasteiger partial charge in [-0.25, -0.2) is 4.79 Å². The summed E-state index contributed by atoms with van der Waals surface area (Å²) in [6.45, 7) is 7.52. The van der Waals surface area contributed by atoms with Crippen LogP contribution in [0, 0.1) is 11.8 Å². The first-order chi connectivity index (χ1) is 8.40. The predicted octanol–water partition coefficient (Wildman–Crippen LogP) is 1.93. The molecule has 2 amide bonds. The number of hydrogen-bond donors (Lipinski definition) is 2. The van der Waals surface area contributed by atoms with Crippen molar-refractivity contribution in [2.24, 2.45) is 11.8 Å². The van der Waals surface area contributed by atoms with Gasteiger partial charge in [-0.2, -0.15) is 0 Å². The van der Waals surface area contributed by atoms with Gasteiger partial charge < -0.3 is 15.3 Å². The molecule has 0 spiro atoms. The fraction of sp³-hybridized carbons (Fsp3) is 0.846. The molecule has 0 bridgehead atoms. The van der Waals surface area contributed by atoms with Crippen LogP contribution in [0.4, 0.5) is 4.79 Å². The lowest BCUT2D eigenvalue weighted by atomic mass is 10.00. The topological polar surface area (TPSA) is 69.6 Å². The Bertz CT molecular complexity index is 305. The van der Waals surface area contributed by atoms with Gasteiger partial charge in [-0.15, -0.1) is 0 Å². The van der Waals surface area contributed by atoms with Crippen LogP contribution in [0.1, 0.15) is 40.0 Å². The number of amides is 2. The molecule has 5 heteroatoms. The van der Waals surface area contributed by atoms with E-state index in [0.717, 1.165) is 25.9 Å². The number of carbonyl (C=O) groups excluding carboxylic acids is 1. The second-order valence-corrected chi connectivity index (χ2v) is 5.59. The van der Waals surface area contributed by atoms with E-state index in [4.69, 9.17) is 5.11 Å². The molecule has 2 N–H and O–H groups in total. The van der Waals surface area contributed by atoms with E-state index in [-0.39, 0.29) is 24.4 Å². The van der Waals surface area contributed by atoms with Crippen molar-refractivity contribution >= 4 is 12.0 Å². The van der Waals surface area contributed by atoms with Crippen molar-refractivity contribution in [3.63, 3.8) is 0 Å². The summed E-state index contributed by atoms with van der Waals surface area (Å²) < 4.78 is 0. The first-order valence-electron chi connectivity index (χ1n) is 6.67. The number of nitrogens with zero attached hydrogens (tertiary/aromatic N) is 1. The minimum Gasteiger partial charge on any atom is -0.481 e. The molecule has 0 aromatic carbocycles. The summed E-state index contributed by atoms with van der Waals surface area (Å²) in [5.41, 5.74) is 0. The highest BCUT2D eigenvalue weighted by atomic mass is 16.4. The third kappa shape index (κ3) is 4.55. The Morgan fingerprint density at radius 3 is 2.61 bits per heavy atom.